The van der Waals surface area contributed by atoms with Crippen LogP contribution in [0, 0.1) is 13.8 Å². The Hall–Kier alpha value is -0.900. The standard InChI is InChI=1S/C12H21N3/c1-9-3-4-10(2)11(5-9)7-15-8-12(14)6-13/h3-5,12,15H,6-8,13-14H2,1-2H3. The highest BCUT2D eigenvalue weighted by Crippen LogP contribution is 2.09. The highest BCUT2D eigenvalue weighted by atomic mass is 14.9. The minimum Gasteiger partial charge on any atom is -0.329 e. The summed E-state index contributed by atoms with van der Waals surface area (Å²) in [6.45, 7) is 6.39. The molecule has 1 unspecified atom stereocenters. The molecule has 0 aliphatic carbocycles. The first-order valence-electron chi connectivity index (χ1n) is 5.36. The fourth-order valence-electron chi connectivity index (χ4n) is 1.47. The number of nitrogens with one attached hydrogen (secondary N) is 1. The number of benzene rings is 1. The molecule has 3 nitrogen and oxygen atoms in total. The Morgan fingerprint density at radius 3 is 2.73 bits per heavy atom. The zero-order chi connectivity index (χ0) is 11.3. The summed E-state index contributed by atoms with van der Waals surface area (Å²) in [7, 11) is 0. The van der Waals surface area contributed by atoms with Crippen molar-refractivity contribution in [2.45, 2.75) is 26.4 Å². The Morgan fingerprint density at radius 1 is 1.33 bits per heavy atom. The summed E-state index contributed by atoms with van der Waals surface area (Å²) < 4.78 is 0. The van der Waals surface area contributed by atoms with Crippen LogP contribution in [0.5, 0.6) is 0 Å². The molecular formula is C12H21N3. The van der Waals surface area contributed by atoms with E-state index in [1.165, 1.54) is 16.7 Å². The lowest BCUT2D eigenvalue weighted by atomic mass is 10.1. The predicted octanol–water partition coefficient (Wildman–Crippen LogP) is 0.679. The number of aryl methyl sites for hydroxylation is 2. The van der Waals surface area contributed by atoms with E-state index in [0.717, 1.165) is 13.1 Å². The Labute approximate surface area is 91.9 Å². The van der Waals surface area contributed by atoms with Gasteiger partial charge in [-0.2, -0.15) is 0 Å². The highest BCUT2D eigenvalue weighted by Gasteiger charge is 2.01. The molecule has 1 aromatic carbocycles. The van der Waals surface area contributed by atoms with Crippen molar-refractivity contribution in [1.82, 2.24) is 5.32 Å². The maximum atomic E-state index is 5.72. The third-order valence-electron chi connectivity index (χ3n) is 2.53. The molecule has 84 valence electrons. The minimum absolute atomic E-state index is 0.0510. The van der Waals surface area contributed by atoms with Gasteiger partial charge in [0.15, 0.2) is 0 Å². The number of rotatable bonds is 5. The van der Waals surface area contributed by atoms with Gasteiger partial charge in [-0.1, -0.05) is 23.8 Å². The maximum absolute atomic E-state index is 5.72. The van der Waals surface area contributed by atoms with Gasteiger partial charge in [-0.3, -0.25) is 0 Å². The molecule has 1 rings (SSSR count). The monoisotopic (exact) mass is 207 g/mol. The van der Waals surface area contributed by atoms with Crippen LogP contribution in [0.15, 0.2) is 18.2 Å². The summed E-state index contributed by atoms with van der Waals surface area (Å²) in [5.74, 6) is 0. The third-order valence-corrected chi connectivity index (χ3v) is 2.53. The summed E-state index contributed by atoms with van der Waals surface area (Å²) in [5, 5.41) is 3.32. The molecule has 0 aliphatic rings. The first-order chi connectivity index (χ1) is 7.13. The Balaban J connectivity index is 2.46. The Kier molecular flexibility index (Phi) is 4.75. The van der Waals surface area contributed by atoms with Gasteiger partial charge in [-0.05, 0) is 25.0 Å². The average Bonchev–Trinajstić information content (AvgIpc) is 2.23. The van der Waals surface area contributed by atoms with Gasteiger partial charge < -0.3 is 16.8 Å². The number of hydrogen-bond donors (Lipinski definition) is 3. The van der Waals surface area contributed by atoms with Crippen molar-refractivity contribution >= 4 is 0 Å². The molecule has 0 amide bonds. The van der Waals surface area contributed by atoms with Gasteiger partial charge in [0.2, 0.25) is 0 Å². The molecule has 0 spiro atoms. The fraction of sp³-hybridized carbons (Fsp3) is 0.500. The largest absolute Gasteiger partial charge is 0.329 e. The van der Waals surface area contributed by atoms with Crippen LogP contribution < -0.4 is 16.8 Å². The van der Waals surface area contributed by atoms with Gasteiger partial charge >= 0.3 is 0 Å². The van der Waals surface area contributed by atoms with Crippen molar-refractivity contribution < 1.29 is 0 Å². The van der Waals surface area contributed by atoms with Crippen molar-refractivity contribution in [3.05, 3.63) is 34.9 Å². The summed E-state index contributed by atoms with van der Waals surface area (Å²) in [4.78, 5) is 0. The normalized spacial score (nSPS) is 12.8. The first kappa shape index (κ1) is 12.2. The van der Waals surface area contributed by atoms with Gasteiger partial charge in [0.1, 0.15) is 0 Å². The van der Waals surface area contributed by atoms with Crippen molar-refractivity contribution in [3.8, 4) is 0 Å². The SMILES string of the molecule is Cc1ccc(C)c(CNCC(N)CN)c1. The lowest BCUT2D eigenvalue weighted by Gasteiger charge is -2.12. The lowest BCUT2D eigenvalue weighted by molar-refractivity contribution is 0.581. The van der Waals surface area contributed by atoms with E-state index in [1.807, 2.05) is 0 Å². The molecule has 5 N–H and O–H groups in total. The average molecular weight is 207 g/mol. The van der Waals surface area contributed by atoms with E-state index in [0.29, 0.717) is 6.54 Å². The van der Waals surface area contributed by atoms with Gasteiger partial charge in [-0.15, -0.1) is 0 Å². The molecule has 0 saturated heterocycles. The van der Waals surface area contributed by atoms with Crippen LogP contribution in [0.1, 0.15) is 16.7 Å². The van der Waals surface area contributed by atoms with Crippen molar-refractivity contribution in [2.24, 2.45) is 11.5 Å². The second kappa shape index (κ2) is 5.85. The van der Waals surface area contributed by atoms with Crippen molar-refractivity contribution in [3.63, 3.8) is 0 Å². The van der Waals surface area contributed by atoms with Gasteiger partial charge in [-0.25, -0.2) is 0 Å². The molecule has 0 radical (unpaired) electrons. The summed E-state index contributed by atoms with van der Waals surface area (Å²) in [5.41, 5.74) is 15.1. The molecule has 0 bridgehead atoms. The Bertz CT molecular complexity index is 310. The fourth-order valence-corrected chi connectivity index (χ4v) is 1.47. The van der Waals surface area contributed by atoms with Crippen LogP contribution in [0.4, 0.5) is 0 Å². The van der Waals surface area contributed by atoms with E-state index in [-0.39, 0.29) is 6.04 Å². The number of hydrogen-bond acceptors (Lipinski definition) is 3. The molecule has 0 aromatic heterocycles. The van der Waals surface area contributed by atoms with Crippen molar-refractivity contribution in [1.29, 1.82) is 0 Å². The van der Waals surface area contributed by atoms with Gasteiger partial charge in [0.25, 0.3) is 0 Å². The zero-order valence-corrected chi connectivity index (χ0v) is 9.59. The summed E-state index contributed by atoms with van der Waals surface area (Å²) >= 11 is 0. The third kappa shape index (κ3) is 4.00. The minimum atomic E-state index is 0.0510. The van der Waals surface area contributed by atoms with Crippen molar-refractivity contribution in [2.75, 3.05) is 13.1 Å². The predicted molar refractivity (Wildman–Crippen MR) is 64.7 cm³/mol. The lowest BCUT2D eigenvalue weighted by Crippen LogP contribution is -2.39. The van der Waals surface area contributed by atoms with Gasteiger partial charge in [0, 0.05) is 25.7 Å². The van der Waals surface area contributed by atoms with E-state index in [9.17, 15) is 0 Å². The Morgan fingerprint density at radius 2 is 2.07 bits per heavy atom. The second-order valence-corrected chi connectivity index (χ2v) is 4.06. The second-order valence-electron chi connectivity index (χ2n) is 4.06. The molecule has 0 fully saturated rings. The van der Waals surface area contributed by atoms with E-state index in [4.69, 9.17) is 11.5 Å². The van der Waals surface area contributed by atoms with E-state index < -0.39 is 0 Å². The molecule has 0 aliphatic heterocycles. The molecule has 1 aromatic rings. The van der Waals surface area contributed by atoms with Crippen LogP contribution in [0.25, 0.3) is 0 Å². The van der Waals surface area contributed by atoms with Crippen LogP contribution in [0.3, 0.4) is 0 Å². The smallest absolute Gasteiger partial charge is 0.0290 e. The maximum Gasteiger partial charge on any atom is 0.0290 e. The van der Waals surface area contributed by atoms with Gasteiger partial charge in [0.05, 0.1) is 0 Å². The topological polar surface area (TPSA) is 64.1 Å². The van der Waals surface area contributed by atoms with E-state index in [1.54, 1.807) is 0 Å². The highest BCUT2D eigenvalue weighted by molar-refractivity contribution is 5.30. The summed E-state index contributed by atoms with van der Waals surface area (Å²) in [6, 6.07) is 6.53. The molecule has 15 heavy (non-hydrogen) atoms. The van der Waals surface area contributed by atoms with E-state index >= 15 is 0 Å². The summed E-state index contributed by atoms with van der Waals surface area (Å²) in [6.07, 6.45) is 0. The first-order valence-corrected chi connectivity index (χ1v) is 5.36. The molecule has 0 saturated carbocycles. The molecule has 1 atom stereocenters. The van der Waals surface area contributed by atoms with Crippen LogP contribution in [0.2, 0.25) is 0 Å². The van der Waals surface area contributed by atoms with Crippen LogP contribution in [-0.4, -0.2) is 19.1 Å². The van der Waals surface area contributed by atoms with Crippen LogP contribution >= 0.6 is 0 Å². The molecular weight excluding hydrogens is 186 g/mol. The van der Waals surface area contributed by atoms with Crippen LogP contribution in [-0.2, 0) is 6.54 Å². The molecule has 3 heteroatoms. The quantitative estimate of drug-likeness (QED) is 0.665. The molecule has 0 heterocycles. The zero-order valence-electron chi connectivity index (χ0n) is 9.59. The van der Waals surface area contributed by atoms with E-state index in [2.05, 4.69) is 37.4 Å². The number of nitrogens with two attached hydrogens (primary N) is 2.